The topological polar surface area (TPSA) is 75.7 Å². The molecule has 1 N–H and O–H groups in total. The summed E-state index contributed by atoms with van der Waals surface area (Å²) in [4.78, 5) is 12.7. The van der Waals surface area contributed by atoms with Crippen molar-refractivity contribution < 1.29 is 17.9 Å². The summed E-state index contributed by atoms with van der Waals surface area (Å²) in [6, 6.07) is 21.0. The van der Waals surface area contributed by atoms with Crippen molar-refractivity contribution in [3.63, 3.8) is 0 Å². The van der Waals surface area contributed by atoms with E-state index in [4.69, 9.17) is 16.3 Å². The molecule has 0 aliphatic heterocycles. The number of carbonyl (C=O) groups excluding carboxylic acids is 1. The number of ether oxygens (including phenoxy) is 1. The van der Waals surface area contributed by atoms with Gasteiger partial charge in [0.25, 0.3) is 5.91 Å². The molecule has 6 nitrogen and oxygen atoms in total. The molecule has 198 valence electrons. The Balaban J connectivity index is 1.78. The summed E-state index contributed by atoms with van der Waals surface area (Å²) < 4.78 is 32.9. The Morgan fingerprint density at radius 3 is 2.35 bits per heavy atom. The van der Waals surface area contributed by atoms with Gasteiger partial charge in [0.15, 0.2) is 5.75 Å². The number of sulfonamides is 1. The molecule has 3 aromatic carbocycles. The molecule has 1 amide bonds. The molecule has 3 rings (SSSR count). The third-order valence-corrected chi connectivity index (χ3v) is 7.56. The van der Waals surface area contributed by atoms with Gasteiger partial charge in [-0.2, -0.15) is 0 Å². The van der Waals surface area contributed by atoms with Gasteiger partial charge in [0.1, 0.15) is 5.75 Å². The summed E-state index contributed by atoms with van der Waals surface area (Å²) >= 11 is 6.24. The lowest BCUT2D eigenvalue weighted by atomic mass is 9.99. The van der Waals surface area contributed by atoms with E-state index in [1.165, 1.54) is 4.31 Å². The minimum atomic E-state index is -3.69. The van der Waals surface area contributed by atoms with E-state index in [1.54, 1.807) is 54.6 Å². The van der Waals surface area contributed by atoms with Crippen molar-refractivity contribution in [3.05, 3.63) is 88.9 Å². The first-order valence-corrected chi connectivity index (χ1v) is 14.8. The molecule has 0 aliphatic carbocycles. The monoisotopic (exact) mass is 542 g/mol. The van der Waals surface area contributed by atoms with E-state index in [-0.39, 0.29) is 12.5 Å². The number of benzene rings is 3. The Morgan fingerprint density at radius 2 is 1.73 bits per heavy atom. The molecule has 0 aromatic heterocycles. The third-order valence-electron chi connectivity index (χ3n) is 6.20. The van der Waals surface area contributed by atoms with Gasteiger partial charge in [-0.25, -0.2) is 8.42 Å². The largest absolute Gasteiger partial charge is 0.455 e. The van der Waals surface area contributed by atoms with Crippen LogP contribution in [0.2, 0.25) is 5.02 Å². The molecule has 0 saturated heterocycles. The van der Waals surface area contributed by atoms with E-state index < -0.39 is 10.0 Å². The number of hydrogen-bond acceptors (Lipinski definition) is 4. The van der Waals surface area contributed by atoms with Gasteiger partial charge in [-0.3, -0.25) is 9.10 Å². The lowest BCUT2D eigenvalue weighted by molar-refractivity contribution is 0.0946. The van der Waals surface area contributed by atoms with Gasteiger partial charge in [-0.15, -0.1) is 0 Å². The zero-order valence-electron chi connectivity index (χ0n) is 21.6. The maximum atomic E-state index is 12.8. The first-order chi connectivity index (χ1) is 17.7. The predicted molar refractivity (Wildman–Crippen MR) is 151 cm³/mol. The standard InChI is InChI=1S/C29H35ClN2O4S/c1-4-6-10-22(5-2)20-31-29(33)24-15-13-23(14-16-24)21-32(37(3,34)35)27-19-25(30)17-18-28(27)36-26-11-8-7-9-12-26/h7-9,11-19,22H,4-6,10,20-21H2,1-3H3,(H,31,33)/t22-/m1/s1. The minimum Gasteiger partial charge on any atom is -0.455 e. The Bertz CT molecular complexity index is 1260. The Morgan fingerprint density at radius 1 is 1.03 bits per heavy atom. The highest BCUT2D eigenvalue weighted by Gasteiger charge is 2.23. The van der Waals surface area contributed by atoms with Crippen LogP contribution in [-0.4, -0.2) is 27.1 Å². The van der Waals surface area contributed by atoms with E-state index >= 15 is 0 Å². The fraction of sp³-hybridized carbons (Fsp3) is 0.345. The second-order valence-electron chi connectivity index (χ2n) is 9.12. The second kappa shape index (κ2) is 13.5. The van der Waals surface area contributed by atoms with Crippen LogP contribution in [-0.2, 0) is 16.6 Å². The van der Waals surface area contributed by atoms with Crippen LogP contribution in [0.4, 0.5) is 5.69 Å². The van der Waals surface area contributed by atoms with Crippen molar-refractivity contribution in [2.45, 2.75) is 46.1 Å². The molecular weight excluding hydrogens is 508 g/mol. The molecule has 0 fully saturated rings. The SMILES string of the molecule is CCCC[C@@H](CC)CNC(=O)c1ccc(CN(c2cc(Cl)ccc2Oc2ccccc2)S(C)(=O)=O)cc1. The van der Waals surface area contributed by atoms with Gasteiger partial charge in [0.2, 0.25) is 10.0 Å². The molecule has 1 atom stereocenters. The lowest BCUT2D eigenvalue weighted by Gasteiger charge is -2.25. The molecule has 0 bridgehead atoms. The molecular formula is C29H35ClN2O4S. The molecule has 0 heterocycles. The molecule has 0 unspecified atom stereocenters. The quantitative estimate of drug-likeness (QED) is 0.251. The summed E-state index contributed by atoms with van der Waals surface area (Å²) in [6.07, 6.45) is 5.58. The van der Waals surface area contributed by atoms with Crippen LogP contribution in [0.25, 0.3) is 0 Å². The number of para-hydroxylation sites is 1. The van der Waals surface area contributed by atoms with Crippen LogP contribution in [0, 0.1) is 5.92 Å². The lowest BCUT2D eigenvalue weighted by Crippen LogP contribution is -2.30. The molecule has 3 aromatic rings. The Hall–Kier alpha value is -3.03. The van der Waals surface area contributed by atoms with Gasteiger partial charge in [-0.1, -0.05) is 75.0 Å². The summed E-state index contributed by atoms with van der Waals surface area (Å²) in [6.45, 7) is 5.02. The number of amides is 1. The number of nitrogens with one attached hydrogen (secondary N) is 1. The van der Waals surface area contributed by atoms with E-state index in [0.29, 0.717) is 40.2 Å². The smallest absolute Gasteiger partial charge is 0.251 e. The number of rotatable bonds is 13. The van der Waals surface area contributed by atoms with Gasteiger partial charge in [0, 0.05) is 17.1 Å². The highest BCUT2D eigenvalue weighted by atomic mass is 35.5. The first kappa shape index (κ1) is 28.5. The number of anilines is 1. The van der Waals surface area contributed by atoms with E-state index in [2.05, 4.69) is 19.2 Å². The van der Waals surface area contributed by atoms with Crippen molar-refractivity contribution in [2.75, 3.05) is 17.1 Å². The predicted octanol–water partition coefficient (Wildman–Crippen LogP) is 7.04. The number of carbonyl (C=O) groups is 1. The average molecular weight is 543 g/mol. The molecule has 0 aliphatic rings. The van der Waals surface area contributed by atoms with Crippen LogP contribution in [0.15, 0.2) is 72.8 Å². The molecule has 0 saturated carbocycles. The number of hydrogen-bond donors (Lipinski definition) is 1. The molecule has 37 heavy (non-hydrogen) atoms. The van der Waals surface area contributed by atoms with Crippen LogP contribution < -0.4 is 14.4 Å². The number of unbranched alkanes of at least 4 members (excludes halogenated alkanes) is 1. The minimum absolute atomic E-state index is 0.0567. The van der Waals surface area contributed by atoms with Crippen molar-refractivity contribution in [1.29, 1.82) is 0 Å². The maximum Gasteiger partial charge on any atom is 0.251 e. The van der Waals surface area contributed by atoms with Crippen molar-refractivity contribution >= 4 is 33.2 Å². The summed E-state index contributed by atoms with van der Waals surface area (Å²) in [5, 5.41) is 3.42. The average Bonchev–Trinajstić information content (AvgIpc) is 2.88. The zero-order valence-corrected chi connectivity index (χ0v) is 23.2. The van der Waals surface area contributed by atoms with Crippen molar-refractivity contribution in [2.24, 2.45) is 5.92 Å². The second-order valence-corrected chi connectivity index (χ2v) is 11.5. The van der Waals surface area contributed by atoms with Gasteiger partial charge >= 0.3 is 0 Å². The van der Waals surface area contributed by atoms with E-state index in [9.17, 15) is 13.2 Å². The number of halogens is 1. The third kappa shape index (κ3) is 8.51. The van der Waals surface area contributed by atoms with Crippen LogP contribution >= 0.6 is 11.6 Å². The molecule has 0 radical (unpaired) electrons. The maximum absolute atomic E-state index is 12.8. The van der Waals surface area contributed by atoms with Crippen LogP contribution in [0.1, 0.15) is 55.5 Å². The van der Waals surface area contributed by atoms with Crippen LogP contribution in [0.3, 0.4) is 0 Å². The fourth-order valence-electron chi connectivity index (χ4n) is 3.98. The zero-order chi connectivity index (χ0) is 26.8. The highest BCUT2D eigenvalue weighted by molar-refractivity contribution is 7.92. The summed E-state index contributed by atoms with van der Waals surface area (Å²) in [5.74, 6) is 1.28. The number of nitrogens with zero attached hydrogens (tertiary/aromatic N) is 1. The van der Waals surface area contributed by atoms with Gasteiger partial charge in [-0.05, 0) is 60.4 Å². The van der Waals surface area contributed by atoms with E-state index in [0.717, 1.165) is 37.5 Å². The normalized spacial score (nSPS) is 12.1. The molecule has 0 spiro atoms. The van der Waals surface area contributed by atoms with Crippen molar-refractivity contribution in [1.82, 2.24) is 5.32 Å². The van der Waals surface area contributed by atoms with Crippen LogP contribution in [0.5, 0.6) is 11.5 Å². The summed E-state index contributed by atoms with van der Waals surface area (Å²) in [5.41, 5.74) is 1.59. The van der Waals surface area contributed by atoms with Crippen molar-refractivity contribution in [3.8, 4) is 11.5 Å². The highest BCUT2D eigenvalue weighted by Crippen LogP contribution is 2.36. The molecule has 8 heteroatoms. The van der Waals surface area contributed by atoms with E-state index in [1.807, 2.05) is 18.2 Å². The van der Waals surface area contributed by atoms with Gasteiger partial charge in [0.05, 0.1) is 18.5 Å². The fourth-order valence-corrected chi connectivity index (χ4v) is 5.03. The Labute approximate surface area is 225 Å². The van der Waals surface area contributed by atoms with Gasteiger partial charge < -0.3 is 10.1 Å². The Kier molecular flexibility index (Phi) is 10.4. The first-order valence-electron chi connectivity index (χ1n) is 12.6. The summed E-state index contributed by atoms with van der Waals surface area (Å²) in [7, 11) is -3.69.